The number of carbonyl (C=O) groups is 3. The van der Waals surface area contributed by atoms with Crippen LogP contribution in [0.25, 0.3) is 0 Å². The van der Waals surface area contributed by atoms with Gasteiger partial charge < -0.3 is 25.7 Å². The van der Waals surface area contributed by atoms with Gasteiger partial charge in [-0.15, -0.1) is 0 Å². The topological polar surface area (TPSA) is 112 Å². The average molecular weight is 469 g/mol. The second-order valence-corrected chi connectivity index (χ2v) is 7.64. The first-order chi connectivity index (χ1) is 17.1. The van der Waals surface area contributed by atoms with Gasteiger partial charge in [-0.05, 0) is 66.7 Å². The summed E-state index contributed by atoms with van der Waals surface area (Å²) in [6.45, 7) is 0.328. The maximum absolute atomic E-state index is 12.4. The summed E-state index contributed by atoms with van der Waals surface area (Å²) in [5.74, 6) is -0.0311. The zero-order valence-corrected chi connectivity index (χ0v) is 18.8. The lowest BCUT2D eigenvalue weighted by molar-refractivity contribution is -0.114. The summed E-state index contributed by atoms with van der Waals surface area (Å²) in [6.07, 6.45) is 1.55. The van der Waals surface area contributed by atoms with Gasteiger partial charge in [0.2, 0.25) is 5.91 Å². The summed E-state index contributed by atoms with van der Waals surface area (Å²) in [6, 6.07) is 26.2. The molecule has 0 atom stereocenters. The van der Waals surface area contributed by atoms with Crippen molar-refractivity contribution in [1.29, 1.82) is 0 Å². The van der Waals surface area contributed by atoms with Gasteiger partial charge in [-0.1, -0.05) is 24.3 Å². The van der Waals surface area contributed by atoms with Gasteiger partial charge in [0.15, 0.2) is 0 Å². The highest BCUT2D eigenvalue weighted by Crippen LogP contribution is 2.16. The average Bonchev–Trinajstić information content (AvgIpc) is 3.41. The molecule has 0 radical (unpaired) electrons. The minimum absolute atomic E-state index is 0.0292. The third kappa shape index (κ3) is 6.82. The Bertz CT molecular complexity index is 1290. The molecule has 3 amide bonds. The number of rotatable bonds is 9. The molecule has 0 aliphatic rings. The van der Waals surface area contributed by atoms with Crippen molar-refractivity contribution in [2.45, 2.75) is 6.54 Å². The van der Waals surface area contributed by atoms with Crippen LogP contribution in [-0.2, 0) is 11.3 Å². The summed E-state index contributed by atoms with van der Waals surface area (Å²) in [5.41, 5.74) is 2.91. The van der Waals surface area contributed by atoms with Crippen LogP contribution < -0.4 is 21.3 Å². The molecule has 0 saturated carbocycles. The Hall–Kier alpha value is -4.85. The third-order valence-electron chi connectivity index (χ3n) is 5.04. The zero-order chi connectivity index (χ0) is 24.5. The van der Waals surface area contributed by atoms with Gasteiger partial charge in [0.25, 0.3) is 11.8 Å². The van der Waals surface area contributed by atoms with Crippen LogP contribution >= 0.6 is 0 Å². The molecular formula is C27H24N4O4. The quantitative estimate of drug-likeness (QED) is 0.289. The largest absolute Gasteiger partial charge is 0.467 e. The third-order valence-corrected chi connectivity index (χ3v) is 5.04. The molecular weight excluding hydrogens is 444 g/mol. The lowest BCUT2D eigenvalue weighted by Gasteiger charge is -2.11. The number of amides is 3. The van der Waals surface area contributed by atoms with Crippen molar-refractivity contribution in [3.8, 4) is 0 Å². The number of anilines is 3. The minimum atomic E-state index is -0.251. The van der Waals surface area contributed by atoms with E-state index >= 15 is 0 Å². The summed E-state index contributed by atoms with van der Waals surface area (Å²) in [5, 5.41) is 11.4. The molecule has 0 saturated heterocycles. The Morgan fingerprint density at radius 2 is 1.40 bits per heavy atom. The van der Waals surface area contributed by atoms with Crippen LogP contribution in [0.1, 0.15) is 26.5 Å². The first-order valence-electron chi connectivity index (χ1n) is 11.0. The molecule has 0 aliphatic carbocycles. The van der Waals surface area contributed by atoms with Crippen molar-refractivity contribution < 1.29 is 18.8 Å². The highest BCUT2D eigenvalue weighted by molar-refractivity contribution is 6.04. The highest BCUT2D eigenvalue weighted by Gasteiger charge is 2.09. The van der Waals surface area contributed by atoms with E-state index in [9.17, 15) is 14.4 Å². The zero-order valence-electron chi connectivity index (χ0n) is 18.8. The second-order valence-electron chi connectivity index (χ2n) is 7.64. The molecule has 8 nitrogen and oxygen atoms in total. The molecule has 176 valence electrons. The molecule has 8 heteroatoms. The second kappa shape index (κ2) is 11.3. The molecule has 4 aromatic rings. The van der Waals surface area contributed by atoms with Crippen molar-refractivity contribution in [2.24, 2.45) is 0 Å². The summed E-state index contributed by atoms with van der Waals surface area (Å²) in [7, 11) is 0. The smallest absolute Gasteiger partial charge is 0.255 e. The van der Waals surface area contributed by atoms with Crippen LogP contribution in [0.15, 0.2) is 102 Å². The Kier molecular flexibility index (Phi) is 7.55. The maximum atomic E-state index is 12.4. The molecule has 1 aromatic heterocycles. The number of hydrogen-bond acceptors (Lipinski definition) is 5. The lowest BCUT2D eigenvalue weighted by atomic mass is 10.2. The van der Waals surface area contributed by atoms with Crippen LogP contribution in [0.3, 0.4) is 0 Å². The number of hydrogen-bond donors (Lipinski definition) is 4. The van der Waals surface area contributed by atoms with Gasteiger partial charge in [-0.2, -0.15) is 0 Å². The predicted molar refractivity (Wildman–Crippen MR) is 134 cm³/mol. The molecule has 0 aliphatic heterocycles. The molecule has 4 N–H and O–H groups in total. The summed E-state index contributed by atoms with van der Waals surface area (Å²) >= 11 is 0. The van der Waals surface area contributed by atoms with Gasteiger partial charge >= 0.3 is 0 Å². The first-order valence-corrected chi connectivity index (χ1v) is 11.0. The monoisotopic (exact) mass is 468 g/mol. The fraction of sp³-hybridized carbons (Fsp3) is 0.0741. The van der Waals surface area contributed by atoms with Gasteiger partial charge in [0.1, 0.15) is 5.76 Å². The molecule has 0 unspecified atom stereocenters. The van der Waals surface area contributed by atoms with Crippen molar-refractivity contribution >= 4 is 34.8 Å². The number of carbonyl (C=O) groups excluding carboxylic acids is 3. The van der Waals surface area contributed by atoms with Crippen LogP contribution in [0, 0.1) is 0 Å². The normalized spacial score (nSPS) is 10.3. The molecule has 35 heavy (non-hydrogen) atoms. The molecule has 1 heterocycles. The summed E-state index contributed by atoms with van der Waals surface area (Å²) < 4.78 is 5.19. The molecule has 0 spiro atoms. The molecule has 3 aromatic carbocycles. The van der Waals surface area contributed by atoms with Crippen molar-refractivity contribution in [3.05, 3.63) is 114 Å². The van der Waals surface area contributed by atoms with E-state index < -0.39 is 0 Å². The SMILES string of the molecule is O=C(CNc1cccc(NC(=O)c2ccccc2)c1)Nc1ccc(C(=O)NCc2ccco2)cc1. The van der Waals surface area contributed by atoms with Gasteiger partial charge in [-0.3, -0.25) is 14.4 Å². The Balaban J connectivity index is 1.25. The molecule has 4 rings (SSSR count). The first kappa shape index (κ1) is 23.3. The van der Waals surface area contributed by atoms with Crippen molar-refractivity contribution in [3.63, 3.8) is 0 Å². The highest BCUT2D eigenvalue weighted by atomic mass is 16.3. The van der Waals surface area contributed by atoms with E-state index in [2.05, 4.69) is 21.3 Å². The van der Waals surface area contributed by atoms with Gasteiger partial charge in [-0.25, -0.2) is 0 Å². The van der Waals surface area contributed by atoms with Crippen molar-refractivity contribution in [1.82, 2.24) is 5.32 Å². The van der Waals surface area contributed by atoms with E-state index in [0.717, 1.165) is 0 Å². The van der Waals surface area contributed by atoms with Crippen molar-refractivity contribution in [2.75, 3.05) is 22.5 Å². The predicted octanol–water partition coefficient (Wildman–Crippen LogP) is 4.51. The molecule has 0 bridgehead atoms. The minimum Gasteiger partial charge on any atom is -0.467 e. The fourth-order valence-corrected chi connectivity index (χ4v) is 3.27. The van der Waals surface area contributed by atoms with E-state index in [1.807, 2.05) is 12.1 Å². The number of furan rings is 1. The van der Waals surface area contributed by atoms with Crippen LogP contribution in [-0.4, -0.2) is 24.3 Å². The van der Waals surface area contributed by atoms with E-state index in [-0.39, 0.29) is 24.3 Å². The Labute approximate surface area is 202 Å². The Morgan fingerprint density at radius 1 is 0.657 bits per heavy atom. The Morgan fingerprint density at radius 3 is 2.14 bits per heavy atom. The maximum Gasteiger partial charge on any atom is 0.255 e. The van der Waals surface area contributed by atoms with Crippen LogP contribution in [0.2, 0.25) is 0 Å². The number of nitrogens with one attached hydrogen (secondary N) is 4. The summed E-state index contributed by atoms with van der Waals surface area (Å²) in [4.78, 5) is 36.9. The fourth-order valence-electron chi connectivity index (χ4n) is 3.27. The van der Waals surface area contributed by atoms with Crippen LogP contribution in [0.4, 0.5) is 17.1 Å². The van der Waals surface area contributed by atoms with Crippen LogP contribution in [0.5, 0.6) is 0 Å². The molecule has 0 fully saturated rings. The van der Waals surface area contributed by atoms with E-state index in [0.29, 0.717) is 40.5 Å². The van der Waals surface area contributed by atoms with Gasteiger partial charge in [0, 0.05) is 28.2 Å². The van der Waals surface area contributed by atoms with E-state index in [1.54, 1.807) is 85.1 Å². The van der Waals surface area contributed by atoms with E-state index in [1.165, 1.54) is 0 Å². The standard InChI is InChI=1S/C27H24N4O4/c32-25(30-21-13-11-20(12-14-21)26(33)29-17-24-10-5-15-35-24)18-28-22-8-4-9-23(16-22)31-27(34)19-6-2-1-3-7-19/h1-16,28H,17-18H2,(H,29,33)(H,30,32)(H,31,34). The number of benzene rings is 3. The van der Waals surface area contributed by atoms with E-state index in [4.69, 9.17) is 4.42 Å². The van der Waals surface area contributed by atoms with Gasteiger partial charge in [0.05, 0.1) is 19.4 Å². The lowest BCUT2D eigenvalue weighted by Crippen LogP contribution is -2.23.